The SMILES string of the molecule is FC(F)Oc1ccc(CBr)cc1Br. The summed E-state index contributed by atoms with van der Waals surface area (Å²) < 4.78 is 28.4. The van der Waals surface area contributed by atoms with E-state index in [2.05, 4.69) is 36.6 Å². The minimum Gasteiger partial charge on any atom is -0.434 e. The van der Waals surface area contributed by atoms with E-state index < -0.39 is 6.61 Å². The fraction of sp³-hybridized carbons (Fsp3) is 0.250. The maximum Gasteiger partial charge on any atom is 0.387 e. The predicted octanol–water partition coefficient (Wildman–Crippen LogP) is 3.95. The molecule has 0 amide bonds. The highest BCUT2D eigenvalue weighted by Gasteiger charge is 2.07. The van der Waals surface area contributed by atoms with Crippen molar-refractivity contribution in [2.24, 2.45) is 0 Å². The molecule has 0 saturated heterocycles. The lowest BCUT2D eigenvalue weighted by Crippen LogP contribution is -2.02. The maximum atomic E-state index is 11.8. The van der Waals surface area contributed by atoms with E-state index in [1.165, 1.54) is 6.07 Å². The third kappa shape index (κ3) is 3.23. The Hall–Kier alpha value is -0.160. The summed E-state index contributed by atoms with van der Waals surface area (Å²) in [6.45, 7) is -2.79. The molecule has 0 unspecified atom stereocenters. The molecule has 72 valence electrons. The first kappa shape index (κ1) is 10.9. The Morgan fingerprint density at radius 2 is 2.08 bits per heavy atom. The monoisotopic (exact) mass is 314 g/mol. The van der Waals surface area contributed by atoms with Gasteiger partial charge in [0.25, 0.3) is 0 Å². The Morgan fingerprint density at radius 1 is 1.38 bits per heavy atom. The fourth-order valence-electron chi connectivity index (χ4n) is 0.819. The lowest BCUT2D eigenvalue weighted by atomic mass is 10.2. The highest BCUT2D eigenvalue weighted by atomic mass is 79.9. The predicted molar refractivity (Wildman–Crippen MR) is 53.4 cm³/mol. The minimum atomic E-state index is -2.79. The van der Waals surface area contributed by atoms with Gasteiger partial charge in [0, 0.05) is 5.33 Å². The van der Waals surface area contributed by atoms with Gasteiger partial charge in [-0.05, 0) is 33.6 Å². The van der Waals surface area contributed by atoms with E-state index in [1.807, 2.05) is 0 Å². The minimum absolute atomic E-state index is 0.153. The molecule has 0 aliphatic rings. The number of ether oxygens (including phenoxy) is 1. The number of hydrogen-bond acceptors (Lipinski definition) is 1. The molecule has 13 heavy (non-hydrogen) atoms. The van der Waals surface area contributed by atoms with Crippen molar-refractivity contribution >= 4 is 31.9 Å². The molecular weight excluding hydrogens is 310 g/mol. The van der Waals surface area contributed by atoms with Crippen LogP contribution in [0.4, 0.5) is 8.78 Å². The summed E-state index contributed by atoms with van der Waals surface area (Å²) in [5.74, 6) is 0.153. The second-order valence-electron chi connectivity index (χ2n) is 2.28. The summed E-state index contributed by atoms with van der Waals surface area (Å²) in [6.07, 6.45) is 0. The summed E-state index contributed by atoms with van der Waals surface area (Å²) in [6, 6.07) is 4.95. The molecule has 0 N–H and O–H groups in total. The van der Waals surface area contributed by atoms with Gasteiger partial charge in [-0.15, -0.1) is 0 Å². The van der Waals surface area contributed by atoms with E-state index in [0.29, 0.717) is 9.80 Å². The second-order valence-corrected chi connectivity index (χ2v) is 3.69. The molecule has 1 nitrogen and oxygen atoms in total. The fourth-order valence-corrected chi connectivity index (χ4v) is 1.69. The lowest BCUT2D eigenvalue weighted by Gasteiger charge is -2.07. The largest absolute Gasteiger partial charge is 0.434 e. The molecule has 0 radical (unpaired) electrons. The Bertz CT molecular complexity index is 291. The zero-order valence-electron chi connectivity index (χ0n) is 6.44. The van der Waals surface area contributed by atoms with Crippen LogP contribution in [0.2, 0.25) is 0 Å². The van der Waals surface area contributed by atoms with Crippen LogP contribution in [0.25, 0.3) is 0 Å². The summed E-state index contributed by atoms with van der Waals surface area (Å²) in [5, 5.41) is 0.681. The molecule has 1 aromatic rings. The van der Waals surface area contributed by atoms with Crippen molar-refractivity contribution in [3.05, 3.63) is 28.2 Å². The van der Waals surface area contributed by atoms with Crippen LogP contribution in [-0.4, -0.2) is 6.61 Å². The third-order valence-electron chi connectivity index (χ3n) is 1.37. The number of halogens is 4. The molecular formula is C8H6Br2F2O. The average Bonchev–Trinajstić information content (AvgIpc) is 2.08. The van der Waals surface area contributed by atoms with Crippen molar-refractivity contribution in [3.63, 3.8) is 0 Å². The van der Waals surface area contributed by atoms with Crippen LogP contribution in [0.15, 0.2) is 22.7 Å². The van der Waals surface area contributed by atoms with Gasteiger partial charge in [-0.3, -0.25) is 0 Å². The highest BCUT2D eigenvalue weighted by Crippen LogP contribution is 2.27. The number of rotatable bonds is 3. The molecule has 0 aliphatic carbocycles. The molecule has 0 aliphatic heterocycles. The first-order chi connectivity index (χ1) is 6.13. The van der Waals surface area contributed by atoms with Crippen molar-refractivity contribution in [2.45, 2.75) is 11.9 Å². The van der Waals surface area contributed by atoms with Crippen LogP contribution in [0.1, 0.15) is 5.56 Å². The van der Waals surface area contributed by atoms with Crippen molar-refractivity contribution in [1.29, 1.82) is 0 Å². The van der Waals surface area contributed by atoms with Crippen LogP contribution in [0.5, 0.6) is 5.75 Å². The topological polar surface area (TPSA) is 9.23 Å². The molecule has 0 atom stereocenters. The van der Waals surface area contributed by atoms with Gasteiger partial charge in [-0.1, -0.05) is 22.0 Å². The number of hydrogen-bond donors (Lipinski definition) is 0. The van der Waals surface area contributed by atoms with E-state index in [1.54, 1.807) is 12.1 Å². The quantitative estimate of drug-likeness (QED) is 0.768. The van der Waals surface area contributed by atoms with Gasteiger partial charge in [0.15, 0.2) is 0 Å². The third-order valence-corrected chi connectivity index (χ3v) is 2.63. The van der Waals surface area contributed by atoms with Gasteiger partial charge in [0.1, 0.15) is 5.75 Å². The highest BCUT2D eigenvalue weighted by molar-refractivity contribution is 9.10. The Morgan fingerprint density at radius 3 is 2.54 bits per heavy atom. The van der Waals surface area contributed by atoms with Crippen LogP contribution >= 0.6 is 31.9 Å². The van der Waals surface area contributed by atoms with E-state index in [4.69, 9.17) is 0 Å². The van der Waals surface area contributed by atoms with E-state index in [0.717, 1.165) is 5.56 Å². The van der Waals surface area contributed by atoms with Gasteiger partial charge >= 0.3 is 6.61 Å². The maximum absolute atomic E-state index is 11.8. The first-order valence-corrected chi connectivity index (χ1v) is 5.34. The number of alkyl halides is 3. The van der Waals surface area contributed by atoms with Crippen LogP contribution < -0.4 is 4.74 Å². The number of benzene rings is 1. The van der Waals surface area contributed by atoms with Gasteiger partial charge in [-0.25, -0.2) is 0 Å². The first-order valence-electron chi connectivity index (χ1n) is 3.42. The Kier molecular flexibility index (Phi) is 4.12. The van der Waals surface area contributed by atoms with Crippen molar-refractivity contribution in [1.82, 2.24) is 0 Å². The van der Waals surface area contributed by atoms with Gasteiger partial charge < -0.3 is 4.74 Å². The Labute approximate surface area is 91.3 Å². The van der Waals surface area contributed by atoms with Gasteiger partial charge in [-0.2, -0.15) is 8.78 Å². The summed E-state index contributed by atoms with van der Waals surface area (Å²) in [5.41, 5.74) is 0.994. The van der Waals surface area contributed by atoms with E-state index >= 15 is 0 Å². The smallest absolute Gasteiger partial charge is 0.387 e. The second kappa shape index (κ2) is 4.91. The van der Waals surface area contributed by atoms with E-state index in [9.17, 15) is 8.78 Å². The summed E-state index contributed by atoms with van der Waals surface area (Å²) in [4.78, 5) is 0. The van der Waals surface area contributed by atoms with Crippen molar-refractivity contribution in [2.75, 3.05) is 0 Å². The molecule has 5 heteroatoms. The zero-order valence-corrected chi connectivity index (χ0v) is 9.61. The zero-order chi connectivity index (χ0) is 9.84. The van der Waals surface area contributed by atoms with E-state index in [-0.39, 0.29) is 5.75 Å². The molecule has 0 fully saturated rings. The lowest BCUT2D eigenvalue weighted by molar-refractivity contribution is -0.0503. The molecule has 0 bridgehead atoms. The summed E-state index contributed by atoms with van der Waals surface area (Å²) >= 11 is 6.39. The summed E-state index contributed by atoms with van der Waals surface area (Å²) in [7, 11) is 0. The van der Waals surface area contributed by atoms with Crippen LogP contribution in [0, 0.1) is 0 Å². The van der Waals surface area contributed by atoms with Gasteiger partial charge in [0.2, 0.25) is 0 Å². The standard InChI is InChI=1S/C8H6Br2F2O/c9-4-5-1-2-7(6(10)3-5)13-8(11)12/h1-3,8H,4H2. The van der Waals surface area contributed by atoms with Crippen molar-refractivity contribution in [3.8, 4) is 5.75 Å². The van der Waals surface area contributed by atoms with Crippen LogP contribution in [-0.2, 0) is 5.33 Å². The van der Waals surface area contributed by atoms with Gasteiger partial charge in [0.05, 0.1) is 4.47 Å². The normalized spacial score (nSPS) is 10.5. The molecule has 0 saturated carbocycles. The molecule has 0 spiro atoms. The molecule has 0 heterocycles. The molecule has 1 rings (SSSR count). The Balaban J connectivity index is 2.85. The molecule has 1 aromatic carbocycles. The van der Waals surface area contributed by atoms with Crippen molar-refractivity contribution < 1.29 is 13.5 Å². The molecule has 0 aromatic heterocycles. The average molecular weight is 316 g/mol. The van der Waals surface area contributed by atoms with Crippen LogP contribution in [0.3, 0.4) is 0 Å².